The number of rotatable bonds is 2. The maximum absolute atomic E-state index is 13.0. The zero-order chi connectivity index (χ0) is 14.9. The van der Waals surface area contributed by atoms with Crippen molar-refractivity contribution in [2.75, 3.05) is 6.54 Å². The first-order chi connectivity index (χ1) is 10.2. The van der Waals surface area contributed by atoms with Crippen molar-refractivity contribution in [3.05, 3.63) is 35.9 Å². The molecule has 0 N–H and O–H groups in total. The van der Waals surface area contributed by atoms with Crippen molar-refractivity contribution in [1.29, 1.82) is 0 Å². The minimum Gasteiger partial charge on any atom is -0.297 e. The highest BCUT2D eigenvalue weighted by molar-refractivity contribution is 5.90. The molecule has 2 unspecified atom stereocenters. The summed E-state index contributed by atoms with van der Waals surface area (Å²) in [6, 6.07) is 11.0. The van der Waals surface area contributed by atoms with E-state index in [1.165, 1.54) is 18.4 Å². The molecule has 2 nitrogen and oxygen atoms in total. The van der Waals surface area contributed by atoms with Crippen LogP contribution >= 0.6 is 0 Å². The van der Waals surface area contributed by atoms with E-state index >= 15 is 0 Å². The lowest BCUT2D eigenvalue weighted by atomic mass is 9.72. The highest BCUT2D eigenvalue weighted by atomic mass is 16.1. The average molecular weight is 285 g/mol. The number of nitrogens with zero attached hydrogens (tertiary/aromatic N) is 1. The van der Waals surface area contributed by atoms with E-state index in [1.54, 1.807) is 0 Å². The molecule has 3 atom stereocenters. The van der Waals surface area contributed by atoms with Gasteiger partial charge in [0.05, 0.1) is 0 Å². The number of Topliss-reactive ketones (excluding diaryl/α,β-unsaturated/α-hetero) is 1. The zero-order valence-corrected chi connectivity index (χ0v) is 13.3. The predicted octanol–water partition coefficient (Wildman–Crippen LogP) is 4.15. The third-order valence-corrected chi connectivity index (χ3v) is 5.77. The van der Waals surface area contributed by atoms with Gasteiger partial charge in [0.15, 0.2) is 5.78 Å². The van der Waals surface area contributed by atoms with Crippen molar-refractivity contribution in [3.63, 3.8) is 0 Å². The van der Waals surface area contributed by atoms with Crippen LogP contribution in [0.1, 0.15) is 57.9 Å². The van der Waals surface area contributed by atoms with Gasteiger partial charge in [0.1, 0.15) is 5.54 Å². The van der Waals surface area contributed by atoms with E-state index in [0.717, 1.165) is 32.2 Å². The normalized spacial score (nSPS) is 34.9. The number of carbonyl (C=O) groups is 1. The number of hydrogen-bond donors (Lipinski definition) is 0. The van der Waals surface area contributed by atoms with Crippen molar-refractivity contribution in [2.45, 2.75) is 64.0 Å². The minimum absolute atomic E-state index is 0.354. The van der Waals surface area contributed by atoms with E-state index in [1.807, 2.05) is 6.07 Å². The number of carbonyl (C=O) groups excluding carboxylic acids is 1. The van der Waals surface area contributed by atoms with Crippen LogP contribution in [0.25, 0.3) is 0 Å². The molecule has 0 spiro atoms. The molecule has 0 aromatic heterocycles. The number of likely N-dealkylation sites (tertiary alicyclic amines) is 1. The Bertz CT molecular complexity index is 498. The smallest absolute Gasteiger partial charge is 0.157 e. The topological polar surface area (TPSA) is 20.3 Å². The lowest BCUT2D eigenvalue weighted by Crippen LogP contribution is -2.59. The number of piperidine rings is 1. The minimum atomic E-state index is -0.354. The molecule has 21 heavy (non-hydrogen) atoms. The molecule has 2 aliphatic rings. The van der Waals surface area contributed by atoms with Gasteiger partial charge in [-0.05, 0) is 50.6 Å². The van der Waals surface area contributed by atoms with Gasteiger partial charge in [-0.2, -0.15) is 0 Å². The third-order valence-electron chi connectivity index (χ3n) is 5.77. The van der Waals surface area contributed by atoms with E-state index in [0.29, 0.717) is 17.7 Å². The van der Waals surface area contributed by atoms with Gasteiger partial charge in [0.25, 0.3) is 0 Å². The van der Waals surface area contributed by atoms with Crippen LogP contribution in [0.4, 0.5) is 0 Å². The van der Waals surface area contributed by atoms with Gasteiger partial charge in [0.2, 0.25) is 0 Å². The van der Waals surface area contributed by atoms with Gasteiger partial charge in [-0.25, -0.2) is 0 Å². The molecule has 1 aliphatic heterocycles. The van der Waals surface area contributed by atoms with E-state index < -0.39 is 0 Å². The van der Waals surface area contributed by atoms with Gasteiger partial charge in [-0.15, -0.1) is 0 Å². The summed E-state index contributed by atoms with van der Waals surface area (Å²) >= 11 is 0. The molecule has 1 aromatic carbocycles. The second kappa shape index (κ2) is 5.92. The Balaban J connectivity index is 2.06. The van der Waals surface area contributed by atoms with Crippen LogP contribution in [0, 0.1) is 5.92 Å². The molecule has 1 heterocycles. The van der Waals surface area contributed by atoms with E-state index in [9.17, 15) is 4.79 Å². The standard InChI is InChI=1S/C19H27NO/c1-15-9-8-14-20(16(15)2)19(13-7-6-12-18(19)21)17-10-4-3-5-11-17/h3-5,10-11,15-16H,6-9,12-14H2,1-2H3/t15?,16?,19-/m1/s1. The summed E-state index contributed by atoms with van der Waals surface area (Å²) in [7, 11) is 0. The summed E-state index contributed by atoms with van der Waals surface area (Å²) in [5.41, 5.74) is 0.865. The Labute approximate surface area is 128 Å². The maximum atomic E-state index is 13.0. The summed E-state index contributed by atoms with van der Waals surface area (Å²) in [6.07, 6.45) is 6.47. The number of ketones is 1. The van der Waals surface area contributed by atoms with E-state index in [4.69, 9.17) is 0 Å². The van der Waals surface area contributed by atoms with Gasteiger partial charge >= 0.3 is 0 Å². The van der Waals surface area contributed by atoms with Crippen molar-refractivity contribution in [3.8, 4) is 0 Å². The average Bonchev–Trinajstić information content (AvgIpc) is 2.52. The Hall–Kier alpha value is -1.15. The van der Waals surface area contributed by atoms with Crippen LogP contribution < -0.4 is 0 Å². The quantitative estimate of drug-likeness (QED) is 0.813. The van der Waals surface area contributed by atoms with Gasteiger partial charge < -0.3 is 0 Å². The molecule has 1 saturated carbocycles. The highest BCUT2D eigenvalue weighted by Gasteiger charge is 2.49. The fourth-order valence-electron chi connectivity index (χ4n) is 4.38. The molecule has 1 aromatic rings. The lowest BCUT2D eigenvalue weighted by molar-refractivity contribution is -0.140. The fraction of sp³-hybridized carbons (Fsp3) is 0.632. The van der Waals surface area contributed by atoms with Crippen LogP contribution in [0.15, 0.2) is 30.3 Å². The van der Waals surface area contributed by atoms with Crippen LogP contribution in [-0.2, 0) is 10.3 Å². The molecule has 0 bridgehead atoms. The van der Waals surface area contributed by atoms with Crippen LogP contribution in [0.5, 0.6) is 0 Å². The summed E-state index contributed by atoms with van der Waals surface area (Å²) in [4.78, 5) is 15.6. The molecular weight excluding hydrogens is 258 g/mol. The van der Waals surface area contributed by atoms with Crippen molar-refractivity contribution in [1.82, 2.24) is 4.90 Å². The summed E-state index contributed by atoms with van der Waals surface area (Å²) < 4.78 is 0. The van der Waals surface area contributed by atoms with Crippen LogP contribution in [-0.4, -0.2) is 23.3 Å². The van der Waals surface area contributed by atoms with E-state index in [2.05, 4.69) is 43.0 Å². The lowest BCUT2D eigenvalue weighted by Gasteiger charge is -2.52. The molecular formula is C19H27NO. The second-order valence-electron chi connectivity index (χ2n) is 6.91. The third kappa shape index (κ3) is 2.44. The molecule has 0 radical (unpaired) electrons. The summed E-state index contributed by atoms with van der Waals surface area (Å²) in [5.74, 6) is 1.12. The summed E-state index contributed by atoms with van der Waals surface area (Å²) in [6.45, 7) is 5.71. The van der Waals surface area contributed by atoms with Crippen LogP contribution in [0.3, 0.4) is 0 Å². The molecule has 1 saturated heterocycles. The molecule has 2 heteroatoms. The molecule has 3 rings (SSSR count). The Morgan fingerprint density at radius 1 is 1.10 bits per heavy atom. The fourth-order valence-corrected chi connectivity index (χ4v) is 4.38. The van der Waals surface area contributed by atoms with Crippen molar-refractivity contribution >= 4 is 5.78 Å². The second-order valence-corrected chi connectivity index (χ2v) is 6.91. The van der Waals surface area contributed by atoms with Gasteiger partial charge in [-0.3, -0.25) is 9.69 Å². The van der Waals surface area contributed by atoms with Crippen molar-refractivity contribution < 1.29 is 4.79 Å². The molecule has 1 aliphatic carbocycles. The highest BCUT2D eigenvalue weighted by Crippen LogP contribution is 2.43. The first-order valence-corrected chi connectivity index (χ1v) is 8.52. The van der Waals surface area contributed by atoms with Crippen molar-refractivity contribution in [2.24, 2.45) is 5.92 Å². The Morgan fingerprint density at radius 3 is 2.57 bits per heavy atom. The van der Waals surface area contributed by atoms with Crippen LogP contribution in [0.2, 0.25) is 0 Å². The monoisotopic (exact) mass is 285 g/mol. The predicted molar refractivity (Wildman–Crippen MR) is 86.2 cm³/mol. The summed E-state index contributed by atoms with van der Waals surface area (Å²) in [5, 5.41) is 0. The Kier molecular flexibility index (Phi) is 4.17. The molecule has 2 fully saturated rings. The van der Waals surface area contributed by atoms with E-state index in [-0.39, 0.29) is 5.54 Å². The van der Waals surface area contributed by atoms with Gasteiger partial charge in [-0.1, -0.05) is 43.7 Å². The molecule has 0 amide bonds. The number of benzene rings is 1. The first-order valence-electron chi connectivity index (χ1n) is 8.52. The number of hydrogen-bond acceptors (Lipinski definition) is 2. The largest absolute Gasteiger partial charge is 0.297 e. The zero-order valence-electron chi connectivity index (χ0n) is 13.3. The Morgan fingerprint density at radius 2 is 1.86 bits per heavy atom. The SMILES string of the molecule is CC1CCCN([C@@]2(c3ccccc3)CCCCC2=O)C1C. The molecule has 114 valence electrons. The van der Waals surface area contributed by atoms with Gasteiger partial charge in [0, 0.05) is 12.5 Å². The first kappa shape index (κ1) is 14.8. The maximum Gasteiger partial charge on any atom is 0.157 e.